The summed E-state index contributed by atoms with van der Waals surface area (Å²) >= 11 is 0. The van der Waals surface area contributed by atoms with Crippen LogP contribution in [0.5, 0.6) is 0 Å². The molecule has 1 aromatic heterocycles. The van der Waals surface area contributed by atoms with Crippen molar-refractivity contribution in [1.82, 2.24) is 9.97 Å². The summed E-state index contributed by atoms with van der Waals surface area (Å²) in [5.74, 6) is 0.706. The average Bonchev–Trinajstić information content (AvgIpc) is 2.18. The van der Waals surface area contributed by atoms with Crippen LogP contribution >= 0.6 is 0 Å². The van der Waals surface area contributed by atoms with Crippen molar-refractivity contribution in [3.05, 3.63) is 30.0 Å². The number of hydrogen-bond donors (Lipinski definition) is 0. The van der Waals surface area contributed by atoms with Gasteiger partial charge in [-0.15, -0.1) is 0 Å². The lowest BCUT2D eigenvalue weighted by Gasteiger charge is -2.26. The van der Waals surface area contributed by atoms with Crippen molar-refractivity contribution < 1.29 is 4.39 Å². The van der Waals surface area contributed by atoms with Gasteiger partial charge in [0.1, 0.15) is 11.6 Å². The molecule has 0 aromatic carbocycles. The van der Waals surface area contributed by atoms with Crippen molar-refractivity contribution in [1.29, 1.82) is 0 Å². The first-order chi connectivity index (χ1) is 6.77. The summed E-state index contributed by atoms with van der Waals surface area (Å²) in [6.07, 6.45) is 5.65. The van der Waals surface area contributed by atoms with Crippen molar-refractivity contribution >= 4 is 5.82 Å². The molecule has 0 saturated carbocycles. The first-order valence-corrected chi connectivity index (χ1v) is 4.64. The van der Waals surface area contributed by atoms with E-state index in [1.54, 1.807) is 18.5 Å². The summed E-state index contributed by atoms with van der Waals surface area (Å²) in [5, 5.41) is 0. The normalized spacial score (nSPS) is 16.7. The molecule has 0 amide bonds. The Labute approximate surface area is 82.3 Å². The number of rotatable bonds is 1. The van der Waals surface area contributed by atoms with E-state index in [2.05, 4.69) is 9.97 Å². The summed E-state index contributed by atoms with van der Waals surface area (Å²) in [7, 11) is 0. The van der Waals surface area contributed by atoms with Gasteiger partial charge in [-0.25, -0.2) is 9.37 Å². The molecule has 0 unspecified atom stereocenters. The van der Waals surface area contributed by atoms with Gasteiger partial charge in [-0.1, -0.05) is 0 Å². The molecule has 0 saturated heterocycles. The summed E-state index contributed by atoms with van der Waals surface area (Å²) < 4.78 is 13.0. The third-order valence-electron chi connectivity index (χ3n) is 2.26. The molecule has 0 bridgehead atoms. The molecule has 3 nitrogen and oxygen atoms in total. The van der Waals surface area contributed by atoms with Crippen LogP contribution in [-0.4, -0.2) is 23.1 Å². The quantitative estimate of drug-likeness (QED) is 0.681. The standard InChI is InChI=1S/C10H12FN3/c1-8-10(13-5-4-12-8)14-6-2-3-9(11)7-14/h3-5H,2,6-7H2,1H3. The third kappa shape index (κ3) is 1.73. The first-order valence-electron chi connectivity index (χ1n) is 4.64. The Morgan fingerprint density at radius 1 is 1.36 bits per heavy atom. The van der Waals surface area contributed by atoms with Gasteiger partial charge in [-0.3, -0.25) is 4.98 Å². The first kappa shape index (κ1) is 9.12. The number of hydrogen-bond acceptors (Lipinski definition) is 3. The average molecular weight is 193 g/mol. The number of aromatic nitrogens is 2. The van der Waals surface area contributed by atoms with Gasteiger partial charge in [-0.2, -0.15) is 0 Å². The summed E-state index contributed by atoms with van der Waals surface area (Å²) in [5.41, 5.74) is 0.849. The van der Waals surface area contributed by atoms with Gasteiger partial charge in [-0.05, 0) is 19.4 Å². The molecule has 1 aliphatic rings. The highest BCUT2D eigenvalue weighted by molar-refractivity contribution is 5.44. The van der Waals surface area contributed by atoms with Crippen molar-refractivity contribution in [3.63, 3.8) is 0 Å². The van der Waals surface area contributed by atoms with Crippen molar-refractivity contribution in [2.75, 3.05) is 18.0 Å². The van der Waals surface area contributed by atoms with E-state index in [0.29, 0.717) is 6.54 Å². The summed E-state index contributed by atoms with van der Waals surface area (Å²) in [6.45, 7) is 3.02. The van der Waals surface area contributed by atoms with Crippen LogP contribution < -0.4 is 4.90 Å². The van der Waals surface area contributed by atoms with Crippen LogP contribution in [0.15, 0.2) is 24.3 Å². The maximum Gasteiger partial charge on any atom is 0.150 e. The van der Waals surface area contributed by atoms with Gasteiger partial charge in [0.2, 0.25) is 0 Å². The zero-order valence-electron chi connectivity index (χ0n) is 8.07. The van der Waals surface area contributed by atoms with E-state index < -0.39 is 0 Å². The van der Waals surface area contributed by atoms with E-state index in [1.165, 1.54) is 0 Å². The topological polar surface area (TPSA) is 29.0 Å². The zero-order chi connectivity index (χ0) is 9.97. The highest BCUT2D eigenvalue weighted by Gasteiger charge is 2.15. The fourth-order valence-electron chi connectivity index (χ4n) is 1.59. The third-order valence-corrected chi connectivity index (χ3v) is 2.26. The Hall–Kier alpha value is -1.45. The minimum atomic E-state index is -0.0821. The molecule has 2 rings (SSSR count). The zero-order valence-corrected chi connectivity index (χ0v) is 8.07. The van der Waals surface area contributed by atoms with Gasteiger partial charge in [0.05, 0.1) is 12.2 Å². The monoisotopic (exact) mass is 193 g/mol. The van der Waals surface area contributed by atoms with Crippen LogP contribution in [0.2, 0.25) is 0 Å². The van der Waals surface area contributed by atoms with Crippen LogP contribution in [-0.2, 0) is 0 Å². The molecule has 0 atom stereocenters. The molecule has 74 valence electrons. The van der Waals surface area contributed by atoms with Gasteiger partial charge in [0.15, 0.2) is 0 Å². The Morgan fingerprint density at radius 2 is 2.14 bits per heavy atom. The Bertz CT molecular complexity index is 362. The van der Waals surface area contributed by atoms with Crippen LogP contribution in [0.1, 0.15) is 12.1 Å². The number of halogens is 1. The van der Waals surface area contributed by atoms with E-state index in [-0.39, 0.29) is 5.83 Å². The van der Waals surface area contributed by atoms with Crippen molar-refractivity contribution in [2.45, 2.75) is 13.3 Å². The van der Waals surface area contributed by atoms with E-state index in [9.17, 15) is 4.39 Å². The van der Waals surface area contributed by atoms with Crippen molar-refractivity contribution in [2.24, 2.45) is 0 Å². The second kappa shape index (κ2) is 3.74. The number of aryl methyl sites for hydroxylation is 1. The predicted octanol–water partition coefficient (Wildman–Crippen LogP) is 1.85. The SMILES string of the molecule is Cc1nccnc1N1CCC=C(F)C1. The minimum Gasteiger partial charge on any atom is -0.348 e. The molecular formula is C10H12FN3. The fourth-order valence-corrected chi connectivity index (χ4v) is 1.59. The maximum absolute atomic E-state index is 13.0. The van der Waals surface area contributed by atoms with E-state index in [1.807, 2.05) is 11.8 Å². The van der Waals surface area contributed by atoms with Crippen LogP contribution in [0.4, 0.5) is 10.2 Å². The molecule has 1 aliphatic heterocycles. The molecule has 14 heavy (non-hydrogen) atoms. The summed E-state index contributed by atoms with van der Waals surface area (Å²) in [4.78, 5) is 10.3. The second-order valence-electron chi connectivity index (χ2n) is 3.33. The van der Waals surface area contributed by atoms with Gasteiger partial charge in [0, 0.05) is 18.9 Å². The molecule has 1 aromatic rings. The van der Waals surface area contributed by atoms with Crippen molar-refractivity contribution in [3.8, 4) is 0 Å². The molecule has 2 heterocycles. The molecule has 4 heteroatoms. The Kier molecular flexibility index (Phi) is 2.43. The minimum absolute atomic E-state index is 0.0821. The van der Waals surface area contributed by atoms with Crippen LogP contribution in [0, 0.1) is 6.92 Å². The largest absolute Gasteiger partial charge is 0.348 e. The van der Waals surface area contributed by atoms with E-state index in [0.717, 1.165) is 24.5 Å². The second-order valence-corrected chi connectivity index (χ2v) is 3.33. The maximum atomic E-state index is 13.0. The van der Waals surface area contributed by atoms with Gasteiger partial charge >= 0.3 is 0 Å². The lowest BCUT2D eigenvalue weighted by molar-refractivity contribution is 0.572. The Balaban J connectivity index is 2.24. The van der Waals surface area contributed by atoms with E-state index in [4.69, 9.17) is 0 Å². The molecule has 0 aliphatic carbocycles. The number of anilines is 1. The lowest BCUT2D eigenvalue weighted by atomic mass is 10.2. The molecule has 0 spiro atoms. The fraction of sp³-hybridized carbons (Fsp3) is 0.400. The molecule has 0 fully saturated rings. The van der Waals surface area contributed by atoms with Crippen LogP contribution in [0.25, 0.3) is 0 Å². The Morgan fingerprint density at radius 3 is 2.86 bits per heavy atom. The smallest absolute Gasteiger partial charge is 0.150 e. The van der Waals surface area contributed by atoms with Gasteiger partial charge in [0.25, 0.3) is 0 Å². The highest BCUT2D eigenvalue weighted by atomic mass is 19.1. The molecular weight excluding hydrogens is 181 g/mol. The number of nitrogens with zero attached hydrogens (tertiary/aromatic N) is 3. The van der Waals surface area contributed by atoms with Gasteiger partial charge < -0.3 is 4.90 Å². The molecule has 0 N–H and O–H groups in total. The summed E-state index contributed by atoms with van der Waals surface area (Å²) in [6, 6.07) is 0. The lowest BCUT2D eigenvalue weighted by Crippen LogP contribution is -2.30. The van der Waals surface area contributed by atoms with E-state index >= 15 is 0 Å². The predicted molar refractivity (Wildman–Crippen MR) is 52.8 cm³/mol. The molecule has 0 radical (unpaired) electrons. The van der Waals surface area contributed by atoms with Crippen LogP contribution in [0.3, 0.4) is 0 Å². The highest BCUT2D eigenvalue weighted by Crippen LogP contribution is 2.19.